The van der Waals surface area contributed by atoms with Gasteiger partial charge in [0.25, 0.3) is 0 Å². The number of nitrogens with one attached hydrogen (secondary N) is 1. The van der Waals surface area contributed by atoms with Gasteiger partial charge < -0.3 is 15.2 Å². The number of ether oxygens (including phenoxy) is 1. The van der Waals surface area contributed by atoms with Crippen molar-refractivity contribution in [2.75, 3.05) is 25.1 Å². The third kappa shape index (κ3) is 5.52. The lowest BCUT2D eigenvalue weighted by Crippen LogP contribution is -2.27. The van der Waals surface area contributed by atoms with Gasteiger partial charge in [0, 0.05) is 12.2 Å². The molecule has 0 amide bonds. The number of rotatable bonds is 7. The molecule has 0 aliphatic heterocycles. The maximum absolute atomic E-state index is 9.97. The molecule has 2 N–H and O–H groups in total. The molecule has 3 nitrogen and oxygen atoms in total. The first-order valence-corrected chi connectivity index (χ1v) is 7.86. The number of hydrogen-bond acceptors (Lipinski definition) is 3. The highest BCUT2D eigenvalue weighted by atomic mass is 16.5. The number of benzene rings is 1. The predicted octanol–water partition coefficient (Wildman–Crippen LogP) is 3.39. The second-order valence-electron chi connectivity index (χ2n) is 6.12. The molecule has 0 spiro atoms. The van der Waals surface area contributed by atoms with E-state index in [9.17, 15) is 5.11 Å². The summed E-state index contributed by atoms with van der Waals surface area (Å²) >= 11 is 0. The van der Waals surface area contributed by atoms with Crippen LogP contribution in [0.3, 0.4) is 0 Å². The van der Waals surface area contributed by atoms with E-state index in [4.69, 9.17) is 4.74 Å². The normalized spacial score (nSPS) is 23.0. The number of allylic oxidation sites excluding steroid dienone is 2. The SMILES string of the molecule is Cc1cccc(NCC(O)COCC2CC=CCC2C)c1. The van der Waals surface area contributed by atoms with E-state index in [1.165, 1.54) is 5.56 Å². The minimum atomic E-state index is -0.472. The summed E-state index contributed by atoms with van der Waals surface area (Å²) in [5.41, 5.74) is 2.25. The molecule has 0 saturated heterocycles. The van der Waals surface area contributed by atoms with Crippen molar-refractivity contribution in [2.45, 2.75) is 32.8 Å². The average molecular weight is 289 g/mol. The Bertz CT molecular complexity index is 458. The Hall–Kier alpha value is -1.32. The van der Waals surface area contributed by atoms with E-state index >= 15 is 0 Å². The smallest absolute Gasteiger partial charge is 0.0945 e. The van der Waals surface area contributed by atoms with E-state index in [-0.39, 0.29) is 0 Å². The third-order valence-electron chi connectivity index (χ3n) is 4.12. The summed E-state index contributed by atoms with van der Waals surface area (Å²) in [7, 11) is 0. The van der Waals surface area contributed by atoms with Crippen molar-refractivity contribution in [1.82, 2.24) is 0 Å². The first-order valence-electron chi connectivity index (χ1n) is 7.86. The van der Waals surface area contributed by atoms with Gasteiger partial charge in [-0.15, -0.1) is 0 Å². The maximum atomic E-state index is 9.97. The Kier molecular flexibility index (Phi) is 6.27. The molecule has 1 aromatic carbocycles. The fourth-order valence-electron chi connectivity index (χ4n) is 2.64. The number of aliphatic hydroxyl groups is 1. The summed E-state index contributed by atoms with van der Waals surface area (Å²) in [6.45, 7) is 5.99. The summed E-state index contributed by atoms with van der Waals surface area (Å²) < 4.78 is 5.69. The van der Waals surface area contributed by atoms with E-state index in [0.29, 0.717) is 25.0 Å². The molecule has 2 rings (SSSR count). The van der Waals surface area contributed by atoms with Crippen LogP contribution in [-0.2, 0) is 4.74 Å². The summed E-state index contributed by atoms with van der Waals surface area (Å²) in [5.74, 6) is 1.27. The molecule has 0 aromatic heterocycles. The Balaban J connectivity index is 1.63. The van der Waals surface area contributed by atoms with Crippen LogP contribution in [0, 0.1) is 18.8 Å². The highest BCUT2D eigenvalue weighted by Crippen LogP contribution is 2.25. The molecule has 0 radical (unpaired) electrons. The minimum Gasteiger partial charge on any atom is -0.389 e. The lowest BCUT2D eigenvalue weighted by atomic mass is 9.85. The molecule has 0 fully saturated rings. The lowest BCUT2D eigenvalue weighted by molar-refractivity contribution is 0.0175. The van der Waals surface area contributed by atoms with Crippen molar-refractivity contribution in [2.24, 2.45) is 11.8 Å². The molecule has 116 valence electrons. The van der Waals surface area contributed by atoms with E-state index in [1.54, 1.807) is 0 Å². The van der Waals surface area contributed by atoms with Gasteiger partial charge in [-0.25, -0.2) is 0 Å². The quantitative estimate of drug-likeness (QED) is 0.756. The van der Waals surface area contributed by atoms with Crippen molar-refractivity contribution in [3.05, 3.63) is 42.0 Å². The molecule has 21 heavy (non-hydrogen) atoms. The van der Waals surface area contributed by atoms with Crippen LogP contribution >= 0.6 is 0 Å². The molecule has 1 aromatic rings. The average Bonchev–Trinajstić information content (AvgIpc) is 2.47. The van der Waals surface area contributed by atoms with E-state index < -0.39 is 6.10 Å². The van der Waals surface area contributed by atoms with Crippen molar-refractivity contribution in [3.8, 4) is 0 Å². The number of anilines is 1. The van der Waals surface area contributed by atoms with Gasteiger partial charge in [0.1, 0.15) is 0 Å². The number of aliphatic hydroxyl groups excluding tert-OH is 1. The second-order valence-corrected chi connectivity index (χ2v) is 6.12. The maximum Gasteiger partial charge on any atom is 0.0945 e. The van der Waals surface area contributed by atoms with Gasteiger partial charge in [0.15, 0.2) is 0 Å². The zero-order valence-electron chi connectivity index (χ0n) is 13.1. The van der Waals surface area contributed by atoms with E-state index in [0.717, 1.165) is 25.1 Å². The van der Waals surface area contributed by atoms with Crippen molar-refractivity contribution >= 4 is 5.69 Å². The number of hydrogen-bond donors (Lipinski definition) is 2. The van der Waals surface area contributed by atoms with Gasteiger partial charge in [-0.3, -0.25) is 0 Å². The van der Waals surface area contributed by atoms with Crippen LogP contribution in [0.1, 0.15) is 25.3 Å². The Morgan fingerprint density at radius 1 is 1.33 bits per heavy atom. The summed E-state index contributed by atoms with van der Waals surface area (Å²) in [5, 5.41) is 13.2. The van der Waals surface area contributed by atoms with Crippen molar-refractivity contribution < 1.29 is 9.84 Å². The summed E-state index contributed by atoms with van der Waals surface area (Å²) in [6, 6.07) is 8.16. The Morgan fingerprint density at radius 2 is 2.14 bits per heavy atom. The summed E-state index contributed by atoms with van der Waals surface area (Å²) in [4.78, 5) is 0. The number of aryl methyl sites for hydroxylation is 1. The van der Waals surface area contributed by atoms with Crippen LogP contribution in [0.15, 0.2) is 36.4 Å². The van der Waals surface area contributed by atoms with E-state index in [1.807, 2.05) is 12.1 Å². The topological polar surface area (TPSA) is 41.5 Å². The van der Waals surface area contributed by atoms with Crippen LogP contribution in [0.2, 0.25) is 0 Å². The molecule has 0 heterocycles. The standard InChI is InChI=1S/C18H27NO2/c1-14-6-5-9-17(10-14)19-11-18(20)13-21-12-16-8-4-3-7-15(16)2/h3-6,9-10,15-16,18-20H,7-8,11-13H2,1-2H3. The highest BCUT2D eigenvalue weighted by Gasteiger charge is 2.18. The molecule has 0 saturated carbocycles. The molecular weight excluding hydrogens is 262 g/mol. The summed E-state index contributed by atoms with van der Waals surface area (Å²) in [6.07, 6.45) is 6.26. The van der Waals surface area contributed by atoms with Gasteiger partial charge in [-0.05, 0) is 49.3 Å². The molecule has 3 heteroatoms. The van der Waals surface area contributed by atoms with Crippen molar-refractivity contribution in [3.63, 3.8) is 0 Å². The minimum absolute atomic E-state index is 0.395. The van der Waals surface area contributed by atoms with Crippen LogP contribution in [0.5, 0.6) is 0 Å². The molecule has 3 atom stereocenters. The zero-order valence-corrected chi connectivity index (χ0v) is 13.1. The largest absolute Gasteiger partial charge is 0.389 e. The monoisotopic (exact) mass is 289 g/mol. The van der Waals surface area contributed by atoms with Gasteiger partial charge in [-0.1, -0.05) is 31.2 Å². The third-order valence-corrected chi connectivity index (χ3v) is 4.12. The lowest BCUT2D eigenvalue weighted by Gasteiger charge is -2.25. The first-order chi connectivity index (χ1) is 10.1. The van der Waals surface area contributed by atoms with Gasteiger partial charge >= 0.3 is 0 Å². The zero-order chi connectivity index (χ0) is 15.1. The van der Waals surface area contributed by atoms with Crippen LogP contribution in [-0.4, -0.2) is 31.0 Å². The highest BCUT2D eigenvalue weighted by molar-refractivity contribution is 5.45. The van der Waals surface area contributed by atoms with Gasteiger partial charge in [0.05, 0.1) is 19.3 Å². The van der Waals surface area contributed by atoms with Crippen LogP contribution in [0.25, 0.3) is 0 Å². The van der Waals surface area contributed by atoms with Gasteiger partial charge in [-0.2, -0.15) is 0 Å². The Labute approximate surface area is 128 Å². The molecule has 1 aliphatic rings. The molecular formula is C18H27NO2. The first kappa shape index (κ1) is 16.1. The fourth-order valence-corrected chi connectivity index (χ4v) is 2.64. The second kappa shape index (κ2) is 8.20. The molecule has 0 bridgehead atoms. The molecule has 1 aliphatic carbocycles. The van der Waals surface area contributed by atoms with Crippen LogP contribution in [0.4, 0.5) is 5.69 Å². The van der Waals surface area contributed by atoms with Crippen molar-refractivity contribution in [1.29, 1.82) is 0 Å². The van der Waals surface area contributed by atoms with Gasteiger partial charge in [0.2, 0.25) is 0 Å². The Morgan fingerprint density at radius 3 is 2.90 bits per heavy atom. The van der Waals surface area contributed by atoms with Crippen LogP contribution < -0.4 is 5.32 Å². The predicted molar refractivity (Wildman–Crippen MR) is 87.5 cm³/mol. The van der Waals surface area contributed by atoms with E-state index in [2.05, 4.69) is 43.4 Å². The fraction of sp³-hybridized carbons (Fsp3) is 0.556. The molecule has 3 unspecified atom stereocenters.